The topological polar surface area (TPSA) is 20.2 Å². The van der Waals surface area contributed by atoms with Crippen LogP contribution in [0.25, 0.3) is 0 Å². The standard InChI is InChI=1S/C8H17O/c1-6(2)5-8(9)7(3)4/h6-7,9H,5H2,1-4H3. The lowest BCUT2D eigenvalue weighted by molar-refractivity contribution is 0.215. The number of rotatable bonds is 3. The van der Waals surface area contributed by atoms with E-state index in [1.807, 2.05) is 13.8 Å². The minimum Gasteiger partial charge on any atom is -0.387 e. The van der Waals surface area contributed by atoms with Gasteiger partial charge >= 0.3 is 0 Å². The van der Waals surface area contributed by atoms with Gasteiger partial charge in [0.25, 0.3) is 0 Å². The molecule has 0 atom stereocenters. The van der Waals surface area contributed by atoms with Gasteiger partial charge in [0.1, 0.15) is 0 Å². The molecule has 0 amide bonds. The lowest BCUT2D eigenvalue weighted by Crippen LogP contribution is -2.07. The molecule has 0 aromatic rings. The SMILES string of the molecule is CC(C)C[C](O)C(C)C. The van der Waals surface area contributed by atoms with Gasteiger partial charge in [-0.15, -0.1) is 0 Å². The number of hydrogen-bond donors (Lipinski definition) is 1. The molecule has 0 aliphatic carbocycles. The molecule has 0 saturated carbocycles. The second-order valence-electron chi connectivity index (χ2n) is 3.24. The largest absolute Gasteiger partial charge is 0.387 e. The van der Waals surface area contributed by atoms with Gasteiger partial charge in [-0.05, 0) is 18.3 Å². The summed E-state index contributed by atoms with van der Waals surface area (Å²) in [6.07, 6.45) is 1.47. The van der Waals surface area contributed by atoms with Crippen molar-refractivity contribution in [2.75, 3.05) is 0 Å². The Morgan fingerprint density at radius 2 is 1.67 bits per heavy atom. The molecule has 0 rings (SSSR count). The first-order valence-electron chi connectivity index (χ1n) is 3.58. The Balaban J connectivity index is 3.38. The van der Waals surface area contributed by atoms with E-state index in [4.69, 9.17) is 0 Å². The van der Waals surface area contributed by atoms with Crippen molar-refractivity contribution >= 4 is 0 Å². The molecule has 55 valence electrons. The fourth-order valence-corrected chi connectivity index (χ4v) is 0.654. The fraction of sp³-hybridized carbons (Fsp3) is 0.875. The highest BCUT2D eigenvalue weighted by atomic mass is 16.3. The Bertz CT molecular complexity index is 67.0. The number of aliphatic hydroxyl groups excluding tert-OH is 1. The molecule has 0 heterocycles. The van der Waals surface area contributed by atoms with E-state index in [9.17, 15) is 5.11 Å². The Morgan fingerprint density at radius 3 is 1.78 bits per heavy atom. The van der Waals surface area contributed by atoms with Gasteiger partial charge in [0.2, 0.25) is 0 Å². The highest BCUT2D eigenvalue weighted by Crippen LogP contribution is 2.18. The first kappa shape index (κ1) is 8.96. The Morgan fingerprint density at radius 1 is 1.22 bits per heavy atom. The molecule has 0 aromatic carbocycles. The van der Waals surface area contributed by atoms with E-state index in [1.54, 1.807) is 0 Å². The summed E-state index contributed by atoms with van der Waals surface area (Å²) in [6.45, 7) is 8.24. The minimum atomic E-state index is 0.326. The number of hydrogen-bond acceptors (Lipinski definition) is 1. The molecule has 0 fully saturated rings. The summed E-state index contributed by atoms with van der Waals surface area (Å²) in [5, 5.41) is 9.21. The molecule has 0 saturated heterocycles. The lowest BCUT2D eigenvalue weighted by Gasteiger charge is -2.14. The number of aliphatic hydroxyl groups is 1. The van der Waals surface area contributed by atoms with Gasteiger partial charge in [-0.25, -0.2) is 0 Å². The van der Waals surface area contributed by atoms with Crippen molar-refractivity contribution in [1.82, 2.24) is 0 Å². The maximum Gasteiger partial charge on any atom is 0.0961 e. The normalized spacial score (nSPS) is 12.0. The Labute approximate surface area is 58.1 Å². The van der Waals surface area contributed by atoms with Gasteiger partial charge in [0, 0.05) is 0 Å². The molecule has 0 bridgehead atoms. The van der Waals surface area contributed by atoms with Crippen LogP contribution in [0, 0.1) is 17.9 Å². The summed E-state index contributed by atoms with van der Waals surface area (Å²) in [5.41, 5.74) is 0. The van der Waals surface area contributed by atoms with Crippen LogP contribution in [-0.4, -0.2) is 5.11 Å². The van der Waals surface area contributed by atoms with Crippen molar-refractivity contribution in [3.05, 3.63) is 6.10 Å². The van der Waals surface area contributed by atoms with Crippen LogP contribution in [0.1, 0.15) is 34.1 Å². The van der Waals surface area contributed by atoms with Crippen LogP contribution in [0.5, 0.6) is 0 Å². The zero-order valence-electron chi connectivity index (χ0n) is 6.81. The zero-order valence-corrected chi connectivity index (χ0v) is 6.81. The summed E-state index contributed by atoms with van der Waals surface area (Å²) in [5.74, 6) is 0.903. The third-order valence-corrected chi connectivity index (χ3v) is 1.28. The predicted molar refractivity (Wildman–Crippen MR) is 39.5 cm³/mol. The van der Waals surface area contributed by atoms with Crippen molar-refractivity contribution in [2.45, 2.75) is 34.1 Å². The van der Waals surface area contributed by atoms with Gasteiger partial charge in [-0.3, -0.25) is 0 Å². The van der Waals surface area contributed by atoms with Gasteiger partial charge in [-0.2, -0.15) is 0 Å². The molecular weight excluding hydrogens is 112 g/mol. The van der Waals surface area contributed by atoms with E-state index in [1.165, 1.54) is 0 Å². The molecular formula is C8H17O. The van der Waals surface area contributed by atoms with Crippen LogP contribution in [0.15, 0.2) is 0 Å². The van der Waals surface area contributed by atoms with Crippen LogP contribution in [0.2, 0.25) is 0 Å². The molecule has 0 spiro atoms. The van der Waals surface area contributed by atoms with Gasteiger partial charge < -0.3 is 5.11 Å². The van der Waals surface area contributed by atoms with E-state index >= 15 is 0 Å². The van der Waals surface area contributed by atoms with Crippen molar-refractivity contribution in [1.29, 1.82) is 0 Å². The van der Waals surface area contributed by atoms with E-state index in [2.05, 4.69) is 13.8 Å². The monoisotopic (exact) mass is 129 g/mol. The summed E-state index contributed by atoms with van der Waals surface area (Å²) in [7, 11) is 0. The molecule has 0 aliphatic rings. The van der Waals surface area contributed by atoms with Crippen molar-refractivity contribution in [3.8, 4) is 0 Å². The third kappa shape index (κ3) is 4.46. The highest BCUT2D eigenvalue weighted by molar-refractivity contribution is 4.79. The van der Waals surface area contributed by atoms with E-state index < -0.39 is 0 Å². The fourth-order valence-electron chi connectivity index (χ4n) is 0.654. The predicted octanol–water partition coefficient (Wildman–Crippen LogP) is 2.59. The molecule has 0 aliphatic heterocycles. The van der Waals surface area contributed by atoms with Gasteiger partial charge in [-0.1, -0.05) is 27.7 Å². The van der Waals surface area contributed by atoms with Gasteiger partial charge in [0.15, 0.2) is 0 Å². The van der Waals surface area contributed by atoms with Crippen LogP contribution >= 0.6 is 0 Å². The summed E-state index contributed by atoms with van der Waals surface area (Å²) in [6, 6.07) is 0. The second kappa shape index (κ2) is 3.89. The quantitative estimate of drug-likeness (QED) is 0.621. The average Bonchev–Trinajstić information content (AvgIpc) is 1.63. The highest BCUT2D eigenvalue weighted by Gasteiger charge is 2.11. The molecule has 1 radical (unpaired) electrons. The Kier molecular flexibility index (Phi) is 3.87. The summed E-state index contributed by atoms with van der Waals surface area (Å²) >= 11 is 0. The van der Waals surface area contributed by atoms with Crippen molar-refractivity contribution < 1.29 is 5.11 Å². The van der Waals surface area contributed by atoms with Crippen molar-refractivity contribution in [3.63, 3.8) is 0 Å². The molecule has 1 heteroatoms. The first-order valence-corrected chi connectivity index (χ1v) is 3.58. The van der Waals surface area contributed by atoms with Crippen LogP contribution < -0.4 is 0 Å². The van der Waals surface area contributed by atoms with Crippen molar-refractivity contribution in [2.24, 2.45) is 11.8 Å². The average molecular weight is 129 g/mol. The Hall–Kier alpha value is -0.0400. The summed E-state index contributed by atoms with van der Waals surface area (Å²) < 4.78 is 0. The summed E-state index contributed by atoms with van der Waals surface area (Å²) in [4.78, 5) is 0. The van der Waals surface area contributed by atoms with Crippen LogP contribution in [0.4, 0.5) is 0 Å². The lowest BCUT2D eigenvalue weighted by atomic mass is 9.98. The minimum absolute atomic E-state index is 0.326. The van der Waals surface area contributed by atoms with E-state index in [0.29, 0.717) is 17.9 Å². The maximum atomic E-state index is 9.21. The third-order valence-electron chi connectivity index (χ3n) is 1.28. The zero-order chi connectivity index (χ0) is 7.44. The second-order valence-corrected chi connectivity index (χ2v) is 3.24. The molecule has 0 aromatic heterocycles. The molecule has 9 heavy (non-hydrogen) atoms. The maximum absolute atomic E-state index is 9.21. The van der Waals surface area contributed by atoms with E-state index in [-0.39, 0.29) is 0 Å². The molecule has 1 N–H and O–H groups in total. The van der Waals surface area contributed by atoms with Crippen LogP contribution in [-0.2, 0) is 0 Å². The molecule has 0 unspecified atom stereocenters. The first-order chi connectivity index (χ1) is 4.04. The van der Waals surface area contributed by atoms with E-state index in [0.717, 1.165) is 6.42 Å². The smallest absolute Gasteiger partial charge is 0.0961 e. The van der Waals surface area contributed by atoms with Gasteiger partial charge in [0.05, 0.1) is 6.10 Å². The van der Waals surface area contributed by atoms with Crippen LogP contribution in [0.3, 0.4) is 0 Å². The molecule has 1 nitrogen and oxygen atoms in total.